The first-order valence-corrected chi connectivity index (χ1v) is 8.70. The van der Waals surface area contributed by atoms with Crippen molar-refractivity contribution in [1.29, 1.82) is 0 Å². The lowest BCUT2D eigenvalue weighted by Gasteiger charge is -2.30. The van der Waals surface area contributed by atoms with Crippen LogP contribution in [-0.4, -0.2) is 37.1 Å². The summed E-state index contributed by atoms with van der Waals surface area (Å²) in [5.74, 6) is -0.313. The lowest BCUT2D eigenvalue weighted by molar-refractivity contribution is -0.129. The van der Waals surface area contributed by atoms with Crippen LogP contribution in [0.15, 0.2) is 64.7 Å². The Hall–Kier alpha value is -3.03. The number of halogens is 3. The van der Waals surface area contributed by atoms with Gasteiger partial charge in [0, 0.05) is 7.05 Å². The van der Waals surface area contributed by atoms with E-state index in [2.05, 4.69) is 9.73 Å². The highest BCUT2D eigenvalue weighted by molar-refractivity contribution is 6.09. The summed E-state index contributed by atoms with van der Waals surface area (Å²) < 4.78 is 41.8. The van der Waals surface area contributed by atoms with Gasteiger partial charge < -0.3 is 10.5 Å². The van der Waals surface area contributed by atoms with Crippen molar-refractivity contribution in [2.75, 3.05) is 13.7 Å². The minimum Gasteiger partial charge on any atom is -0.435 e. The number of nitrogens with zero attached hydrogens (tertiary/aromatic N) is 2. The SMILES string of the molecule is CN1C(=O)[C@](C2=CC=CC(=CCCF)C2)(c2ccc(OC(F)F)cc2)N=C1N. The number of allylic oxidation sites excluding steroid dienone is 5. The van der Waals surface area contributed by atoms with Gasteiger partial charge in [-0.3, -0.25) is 14.1 Å². The minimum atomic E-state index is -2.94. The number of hydrogen-bond donors (Lipinski definition) is 1. The second kappa shape index (κ2) is 7.92. The van der Waals surface area contributed by atoms with Gasteiger partial charge in [-0.1, -0.05) is 36.4 Å². The highest BCUT2D eigenvalue weighted by atomic mass is 19.3. The van der Waals surface area contributed by atoms with Crippen LogP contribution >= 0.6 is 0 Å². The van der Waals surface area contributed by atoms with Gasteiger partial charge in [0.25, 0.3) is 5.91 Å². The number of aliphatic imine (C=N–C) groups is 1. The van der Waals surface area contributed by atoms with E-state index in [-0.39, 0.29) is 24.0 Å². The smallest absolute Gasteiger partial charge is 0.387 e. The molecule has 0 bridgehead atoms. The molecule has 8 heteroatoms. The second-order valence-electron chi connectivity index (χ2n) is 6.43. The van der Waals surface area contributed by atoms with Gasteiger partial charge in [0.15, 0.2) is 11.5 Å². The van der Waals surface area contributed by atoms with E-state index in [9.17, 15) is 18.0 Å². The van der Waals surface area contributed by atoms with E-state index in [0.29, 0.717) is 17.6 Å². The lowest BCUT2D eigenvalue weighted by atomic mass is 9.77. The standard InChI is InChI=1S/C20H20F3N3O2/c1-26-17(27)20(25-19(26)24,14-7-9-16(10-8-14)28-18(22)23)15-6-2-4-13(12-15)5-3-11-21/h2,4-10,18H,3,11-12H2,1H3,(H2,24,25)/t20-/m1/s1. The summed E-state index contributed by atoms with van der Waals surface area (Å²) in [4.78, 5) is 18.9. The number of likely N-dealkylation sites (N-methyl/N-ethyl adjacent to an activating group) is 1. The minimum absolute atomic E-state index is 0.0225. The molecule has 28 heavy (non-hydrogen) atoms. The van der Waals surface area contributed by atoms with E-state index in [4.69, 9.17) is 5.73 Å². The van der Waals surface area contributed by atoms with Crippen molar-refractivity contribution >= 4 is 11.9 Å². The summed E-state index contributed by atoms with van der Waals surface area (Å²) in [5.41, 5.74) is 6.53. The monoisotopic (exact) mass is 391 g/mol. The molecule has 2 N–H and O–H groups in total. The average Bonchev–Trinajstić information content (AvgIpc) is 2.92. The van der Waals surface area contributed by atoms with E-state index in [1.54, 1.807) is 18.2 Å². The predicted octanol–water partition coefficient (Wildman–Crippen LogP) is 3.44. The summed E-state index contributed by atoms with van der Waals surface area (Å²) in [6.45, 7) is -3.41. The maximum Gasteiger partial charge on any atom is 0.387 e. The Morgan fingerprint density at radius 3 is 2.64 bits per heavy atom. The Kier molecular flexibility index (Phi) is 5.58. The van der Waals surface area contributed by atoms with Crippen molar-refractivity contribution < 1.29 is 22.7 Å². The fourth-order valence-corrected chi connectivity index (χ4v) is 3.36. The number of rotatable bonds is 6. The van der Waals surface area contributed by atoms with Gasteiger partial charge in [-0.25, -0.2) is 4.99 Å². The maximum absolute atomic E-state index is 13.2. The highest BCUT2D eigenvalue weighted by Crippen LogP contribution is 2.43. The van der Waals surface area contributed by atoms with Crippen molar-refractivity contribution in [1.82, 2.24) is 4.90 Å². The molecule has 5 nitrogen and oxygen atoms in total. The number of guanidine groups is 1. The first-order valence-electron chi connectivity index (χ1n) is 8.70. The van der Waals surface area contributed by atoms with E-state index < -0.39 is 18.8 Å². The molecule has 2 aliphatic rings. The fraction of sp³-hybridized carbons (Fsp3) is 0.300. The van der Waals surface area contributed by atoms with Crippen LogP contribution in [0.25, 0.3) is 0 Å². The molecule has 1 aliphatic heterocycles. The van der Waals surface area contributed by atoms with Gasteiger partial charge in [-0.2, -0.15) is 8.78 Å². The van der Waals surface area contributed by atoms with E-state index >= 15 is 0 Å². The van der Waals surface area contributed by atoms with Crippen LogP contribution in [-0.2, 0) is 10.3 Å². The molecule has 1 amide bonds. The third-order valence-electron chi connectivity index (χ3n) is 4.72. The fourth-order valence-electron chi connectivity index (χ4n) is 3.36. The third-order valence-corrected chi connectivity index (χ3v) is 4.72. The Morgan fingerprint density at radius 1 is 1.36 bits per heavy atom. The van der Waals surface area contributed by atoms with Gasteiger partial charge >= 0.3 is 6.61 Å². The van der Waals surface area contributed by atoms with E-state index in [1.807, 2.05) is 6.08 Å². The number of ether oxygens (including phenoxy) is 1. The van der Waals surface area contributed by atoms with Crippen molar-refractivity contribution in [3.05, 3.63) is 65.3 Å². The Balaban J connectivity index is 2.05. The molecular formula is C20H20F3N3O2. The molecule has 0 saturated carbocycles. The van der Waals surface area contributed by atoms with Crippen LogP contribution < -0.4 is 10.5 Å². The predicted molar refractivity (Wildman–Crippen MR) is 99.7 cm³/mol. The van der Waals surface area contributed by atoms with Gasteiger partial charge in [0.2, 0.25) is 0 Å². The first kappa shape index (κ1) is 19.7. The molecule has 0 saturated heterocycles. The second-order valence-corrected chi connectivity index (χ2v) is 6.43. The molecule has 1 heterocycles. The Morgan fingerprint density at radius 2 is 2.07 bits per heavy atom. The molecule has 0 radical (unpaired) electrons. The van der Waals surface area contributed by atoms with Crippen LogP contribution in [0.2, 0.25) is 0 Å². The number of carbonyl (C=O) groups excluding carboxylic acids is 1. The summed E-state index contributed by atoms with van der Waals surface area (Å²) >= 11 is 0. The average molecular weight is 391 g/mol. The summed E-state index contributed by atoms with van der Waals surface area (Å²) in [6.07, 6.45) is 7.84. The number of benzene rings is 1. The molecule has 1 aromatic rings. The van der Waals surface area contributed by atoms with Crippen LogP contribution in [0.4, 0.5) is 13.2 Å². The summed E-state index contributed by atoms with van der Waals surface area (Å²) in [5, 5.41) is 0. The largest absolute Gasteiger partial charge is 0.435 e. The quantitative estimate of drug-likeness (QED) is 0.808. The summed E-state index contributed by atoms with van der Waals surface area (Å²) in [7, 11) is 1.52. The number of nitrogens with two attached hydrogens (primary N) is 1. The Labute approximate surface area is 160 Å². The topological polar surface area (TPSA) is 67.9 Å². The van der Waals surface area contributed by atoms with E-state index in [0.717, 1.165) is 5.57 Å². The molecule has 3 rings (SSSR count). The molecule has 148 valence electrons. The number of amides is 1. The number of carbonyl (C=O) groups is 1. The van der Waals surface area contributed by atoms with E-state index in [1.165, 1.54) is 36.2 Å². The molecular weight excluding hydrogens is 371 g/mol. The number of hydrogen-bond acceptors (Lipinski definition) is 4. The molecule has 1 atom stereocenters. The zero-order valence-corrected chi connectivity index (χ0v) is 15.2. The van der Waals surface area contributed by atoms with Crippen molar-refractivity contribution in [2.24, 2.45) is 10.7 Å². The van der Waals surface area contributed by atoms with Crippen LogP contribution in [0, 0.1) is 0 Å². The molecule has 0 aromatic heterocycles. The van der Waals surface area contributed by atoms with Crippen molar-refractivity contribution in [2.45, 2.75) is 25.0 Å². The lowest BCUT2D eigenvalue weighted by Crippen LogP contribution is -2.41. The Bertz CT molecular complexity index is 875. The molecule has 0 fully saturated rings. The van der Waals surface area contributed by atoms with Crippen LogP contribution in [0.5, 0.6) is 5.75 Å². The van der Waals surface area contributed by atoms with Gasteiger partial charge in [0.05, 0.1) is 6.67 Å². The normalized spacial score (nSPS) is 23.4. The number of alkyl halides is 3. The zero-order chi connectivity index (χ0) is 20.3. The van der Waals surface area contributed by atoms with Crippen molar-refractivity contribution in [3.8, 4) is 5.75 Å². The third kappa shape index (κ3) is 3.54. The van der Waals surface area contributed by atoms with Crippen LogP contribution in [0.3, 0.4) is 0 Å². The first-order chi connectivity index (χ1) is 13.4. The van der Waals surface area contributed by atoms with Gasteiger partial charge in [-0.15, -0.1) is 0 Å². The van der Waals surface area contributed by atoms with Gasteiger partial charge in [0.1, 0.15) is 5.75 Å². The maximum atomic E-state index is 13.2. The molecule has 1 aliphatic carbocycles. The summed E-state index contributed by atoms with van der Waals surface area (Å²) in [6, 6.07) is 5.77. The van der Waals surface area contributed by atoms with Crippen LogP contribution in [0.1, 0.15) is 18.4 Å². The van der Waals surface area contributed by atoms with Gasteiger partial charge in [-0.05, 0) is 41.7 Å². The van der Waals surface area contributed by atoms with Crippen molar-refractivity contribution in [3.63, 3.8) is 0 Å². The molecule has 1 aromatic carbocycles. The molecule has 0 spiro atoms. The highest BCUT2D eigenvalue weighted by Gasteiger charge is 2.50. The molecule has 0 unspecified atom stereocenters. The zero-order valence-electron chi connectivity index (χ0n) is 15.2.